The highest BCUT2D eigenvalue weighted by Gasteiger charge is 2.07. The van der Waals surface area contributed by atoms with Crippen LogP contribution >= 0.6 is 11.6 Å². The summed E-state index contributed by atoms with van der Waals surface area (Å²) in [4.78, 5) is 0. The Labute approximate surface area is 95.2 Å². The third kappa shape index (κ3) is 3.71. The van der Waals surface area contributed by atoms with Gasteiger partial charge in [0.2, 0.25) is 0 Å². The van der Waals surface area contributed by atoms with E-state index in [0.717, 1.165) is 18.4 Å². The van der Waals surface area contributed by atoms with Crippen molar-refractivity contribution in [2.24, 2.45) is 0 Å². The molecule has 1 aromatic carbocycles. The minimum absolute atomic E-state index is 0.148. The Balaban J connectivity index is 2.79. The van der Waals surface area contributed by atoms with Crippen molar-refractivity contribution in [2.75, 3.05) is 0 Å². The van der Waals surface area contributed by atoms with E-state index in [4.69, 9.17) is 16.3 Å². The molecule has 0 unspecified atom stereocenters. The number of rotatable bonds is 5. The zero-order valence-electron chi connectivity index (χ0n) is 9.09. The van der Waals surface area contributed by atoms with E-state index < -0.39 is 0 Å². The van der Waals surface area contributed by atoms with Gasteiger partial charge in [-0.2, -0.15) is 0 Å². The first kappa shape index (κ1) is 12.3. The molecule has 1 rings (SSSR count). The Hall–Kier alpha value is -0.760. The first-order valence-corrected chi connectivity index (χ1v) is 5.75. The summed E-state index contributed by atoms with van der Waals surface area (Å²) in [7, 11) is 0. The maximum Gasteiger partial charge on any atom is 0.127 e. The minimum Gasteiger partial charge on any atom is -0.490 e. The van der Waals surface area contributed by atoms with Gasteiger partial charge < -0.3 is 4.74 Å². The maximum absolute atomic E-state index is 13.1. The zero-order chi connectivity index (χ0) is 11.3. The lowest BCUT2D eigenvalue weighted by molar-refractivity contribution is 0.192. The van der Waals surface area contributed by atoms with Gasteiger partial charge in [0.25, 0.3) is 0 Å². The van der Waals surface area contributed by atoms with E-state index >= 15 is 0 Å². The monoisotopic (exact) mass is 230 g/mol. The SMILES string of the molecule is CCC(CC)Oc1cc(F)cc(CCl)c1. The normalized spacial score (nSPS) is 10.7. The van der Waals surface area contributed by atoms with Crippen molar-refractivity contribution in [3.05, 3.63) is 29.6 Å². The summed E-state index contributed by atoms with van der Waals surface area (Å²) in [6, 6.07) is 4.61. The molecule has 3 heteroatoms. The van der Waals surface area contributed by atoms with Crippen molar-refractivity contribution in [1.29, 1.82) is 0 Å². The van der Waals surface area contributed by atoms with Crippen LogP contribution < -0.4 is 4.74 Å². The van der Waals surface area contributed by atoms with Gasteiger partial charge in [-0.1, -0.05) is 13.8 Å². The van der Waals surface area contributed by atoms with Crippen LogP contribution in [0.25, 0.3) is 0 Å². The molecule has 0 atom stereocenters. The minimum atomic E-state index is -0.297. The summed E-state index contributed by atoms with van der Waals surface area (Å²) in [6.45, 7) is 4.10. The number of hydrogen-bond donors (Lipinski definition) is 0. The Bertz CT molecular complexity index is 310. The average molecular weight is 231 g/mol. The fraction of sp³-hybridized carbons (Fsp3) is 0.500. The van der Waals surface area contributed by atoms with Gasteiger partial charge in [-0.3, -0.25) is 0 Å². The molecule has 0 amide bonds. The highest BCUT2D eigenvalue weighted by atomic mass is 35.5. The van der Waals surface area contributed by atoms with Crippen LogP contribution in [0.2, 0.25) is 0 Å². The Morgan fingerprint density at radius 1 is 1.27 bits per heavy atom. The van der Waals surface area contributed by atoms with Gasteiger partial charge in [0.05, 0.1) is 6.10 Å². The summed E-state index contributed by atoms with van der Waals surface area (Å²) < 4.78 is 18.8. The van der Waals surface area contributed by atoms with E-state index in [1.807, 2.05) is 0 Å². The number of benzene rings is 1. The number of ether oxygens (including phenoxy) is 1. The second-order valence-corrected chi connectivity index (χ2v) is 3.75. The molecule has 0 fully saturated rings. The van der Waals surface area contributed by atoms with Crippen LogP contribution in [0.1, 0.15) is 32.3 Å². The Morgan fingerprint density at radius 3 is 2.47 bits per heavy atom. The number of hydrogen-bond acceptors (Lipinski definition) is 1. The van der Waals surface area contributed by atoms with E-state index in [2.05, 4.69) is 13.8 Å². The summed E-state index contributed by atoms with van der Waals surface area (Å²) in [6.07, 6.45) is 1.99. The van der Waals surface area contributed by atoms with Crippen LogP contribution in [0.4, 0.5) is 4.39 Å². The summed E-state index contributed by atoms with van der Waals surface area (Å²) in [5.74, 6) is 0.574. The lowest BCUT2D eigenvalue weighted by atomic mass is 10.2. The van der Waals surface area contributed by atoms with Crippen molar-refractivity contribution in [2.45, 2.75) is 38.7 Å². The molecule has 0 radical (unpaired) electrons. The lowest BCUT2D eigenvalue weighted by Gasteiger charge is -2.16. The van der Waals surface area contributed by atoms with E-state index in [0.29, 0.717) is 11.6 Å². The topological polar surface area (TPSA) is 9.23 Å². The van der Waals surface area contributed by atoms with E-state index in [9.17, 15) is 4.39 Å². The average Bonchev–Trinajstić information content (AvgIpc) is 2.25. The largest absolute Gasteiger partial charge is 0.490 e. The molecule has 0 aliphatic carbocycles. The molecule has 0 saturated heterocycles. The van der Waals surface area contributed by atoms with Crippen LogP contribution in [0.3, 0.4) is 0 Å². The summed E-state index contributed by atoms with van der Waals surface area (Å²) in [5.41, 5.74) is 0.748. The first-order chi connectivity index (χ1) is 7.19. The van der Waals surface area contributed by atoms with Crippen molar-refractivity contribution in [1.82, 2.24) is 0 Å². The molecule has 0 saturated carbocycles. The predicted molar refractivity (Wildman–Crippen MR) is 61.0 cm³/mol. The Morgan fingerprint density at radius 2 is 1.93 bits per heavy atom. The van der Waals surface area contributed by atoms with Crippen molar-refractivity contribution in [3.8, 4) is 5.75 Å². The van der Waals surface area contributed by atoms with Crippen LogP contribution in [0.5, 0.6) is 5.75 Å². The number of halogens is 2. The molecule has 15 heavy (non-hydrogen) atoms. The molecular weight excluding hydrogens is 215 g/mol. The zero-order valence-corrected chi connectivity index (χ0v) is 9.85. The number of alkyl halides is 1. The molecule has 0 N–H and O–H groups in total. The van der Waals surface area contributed by atoms with Gasteiger partial charge in [-0.05, 0) is 30.5 Å². The Kier molecular flexibility index (Phi) is 4.89. The maximum atomic E-state index is 13.1. The van der Waals surface area contributed by atoms with Gasteiger partial charge in [0.1, 0.15) is 11.6 Å². The molecular formula is C12H16ClFO. The van der Waals surface area contributed by atoms with Gasteiger partial charge in [0.15, 0.2) is 0 Å². The van der Waals surface area contributed by atoms with Crippen LogP contribution in [0, 0.1) is 5.82 Å². The second kappa shape index (κ2) is 5.96. The van der Waals surface area contributed by atoms with Gasteiger partial charge in [-0.25, -0.2) is 4.39 Å². The van der Waals surface area contributed by atoms with Crippen molar-refractivity contribution < 1.29 is 9.13 Å². The molecule has 0 heterocycles. The third-order valence-corrected chi connectivity index (χ3v) is 2.61. The predicted octanol–water partition coefficient (Wildman–Crippen LogP) is 4.13. The fourth-order valence-electron chi connectivity index (χ4n) is 1.41. The van der Waals surface area contributed by atoms with Gasteiger partial charge in [-0.15, -0.1) is 11.6 Å². The van der Waals surface area contributed by atoms with Crippen molar-refractivity contribution >= 4 is 11.6 Å². The standard InChI is InChI=1S/C12H16ClFO/c1-3-11(4-2)15-12-6-9(8-13)5-10(14)7-12/h5-7,11H,3-4,8H2,1-2H3. The second-order valence-electron chi connectivity index (χ2n) is 3.49. The highest BCUT2D eigenvalue weighted by molar-refractivity contribution is 6.17. The van der Waals surface area contributed by atoms with Crippen LogP contribution in [0.15, 0.2) is 18.2 Å². The highest BCUT2D eigenvalue weighted by Crippen LogP contribution is 2.20. The third-order valence-electron chi connectivity index (χ3n) is 2.30. The molecule has 84 valence electrons. The summed E-state index contributed by atoms with van der Waals surface area (Å²) in [5, 5.41) is 0. The van der Waals surface area contributed by atoms with E-state index in [-0.39, 0.29) is 11.9 Å². The molecule has 1 nitrogen and oxygen atoms in total. The molecule has 0 aliphatic heterocycles. The van der Waals surface area contributed by atoms with Gasteiger partial charge in [0, 0.05) is 11.9 Å². The van der Waals surface area contributed by atoms with Crippen molar-refractivity contribution in [3.63, 3.8) is 0 Å². The van der Waals surface area contributed by atoms with E-state index in [1.54, 1.807) is 6.07 Å². The lowest BCUT2D eigenvalue weighted by Crippen LogP contribution is -2.13. The fourth-order valence-corrected chi connectivity index (χ4v) is 1.57. The van der Waals surface area contributed by atoms with E-state index in [1.165, 1.54) is 12.1 Å². The molecule has 0 aromatic heterocycles. The molecule has 0 aliphatic rings. The van der Waals surface area contributed by atoms with Crippen LogP contribution in [-0.2, 0) is 5.88 Å². The van der Waals surface area contributed by atoms with Gasteiger partial charge >= 0.3 is 0 Å². The quantitative estimate of drug-likeness (QED) is 0.691. The smallest absolute Gasteiger partial charge is 0.127 e. The molecule has 1 aromatic rings. The molecule has 0 bridgehead atoms. The molecule has 0 spiro atoms. The van der Waals surface area contributed by atoms with Crippen LogP contribution in [-0.4, -0.2) is 6.10 Å². The summed E-state index contributed by atoms with van der Waals surface area (Å²) >= 11 is 5.65. The first-order valence-electron chi connectivity index (χ1n) is 5.21.